The first-order chi connectivity index (χ1) is 9.65. The fourth-order valence-corrected chi connectivity index (χ4v) is 2.70. The second-order valence-electron chi connectivity index (χ2n) is 4.10. The Morgan fingerprint density at radius 2 is 2.05 bits per heavy atom. The van der Waals surface area contributed by atoms with Crippen molar-refractivity contribution in [1.29, 1.82) is 0 Å². The Balaban J connectivity index is 2.15. The second kappa shape index (κ2) is 6.95. The van der Waals surface area contributed by atoms with E-state index in [1.54, 1.807) is 24.3 Å². The van der Waals surface area contributed by atoms with Gasteiger partial charge in [0.25, 0.3) is 0 Å². The number of halogens is 3. The van der Waals surface area contributed by atoms with Crippen LogP contribution in [0.1, 0.15) is 11.1 Å². The van der Waals surface area contributed by atoms with Crippen LogP contribution >= 0.6 is 27.5 Å². The van der Waals surface area contributed by atoms with E-state index in [0.717, 1.165) is 5.56 Å². The van der Waals surface area contributed by atoms with Crippen molar-refractivity contribution in [3.63, 3.8) is 0 Å². The molecule has 2 rings (SSSR count). The molecule has 0 atom stereocenters. The van der Waals surface area contributed by atoms with Crippen LogP contribution in [0.2, 0.25) is 5.02 Å². The molecule has 0 N–H and O–H groups in total. The molecule has 0 saturated carbocycles. The average Bonchev–Trinajstić information content (AvgIpc) is 2.46. The van der Waals surface area contributed by atoms with Crippen LogP contribution in [-0.4, -0.2) is 7.11 Å². The Morgan fingerprint density at radius 1 is 1.25 bits per heavy atom. The minimum Gasteiger partial charge on any atom is -0.497 e. The van der Waals surface area contributed by atoms with Crippen molar-refractivity contribution in [2.45, 2.75) is 11.9 Å². The molecule has 0 aliphatic carbocycles. The summed E-state index contributed by atoms with van der Waals surface area (Å²) in [5.41, 5.74) is 1.31. The molecule has 0 aliphatic rings. The van der Waals surface area contributed by atoms with Crippen LogP contribution in [0.15, 0.2) is 36.4 Å². The number of hydrogen-bond donors (Lipinski definition) is 0. The smallest absolute Gasteiger partial charge is 0.133 e. The van der Waals surface area contributed by atoms with E-state index in [4.69, 9.17) is 21.1 Å². The van der Waals surface area contributed by atoms with Gasteiger partial charge in [0.2, 0.25) is 0 Å². The number of hydrogen-bond acceptors (Lipinski definition) is 2. The summed E-state index contributed by atoms with van der Waals surface area (Å²) < 4.78 is 24.4. The van der Waals surface area contributed by atoms with Gasteiger partial charge in [-0.2, -0.15) is 0 Å². The van der Waals surface area contributed by atoms with E-state index in [0.29, 0.717) is 27.4 Å². The summed E-state index contributed by atoms with van der Waals surface area (Å²) in [7, 11) is 1.50. The molecule has 0 saturated heterocycles. The number of methoxy groups -OCH3 is 1. The summed E-state index contributed by atoms with van der Waals surface area (Å²) in [5.74, 6) is 0.770. The zero-order valence-corrected chi connectivity index (χ0v) is 13.2. The summed E-state index contributed by atoms with van der Waals surface area (Å²) in [6.45, 7) is 0.135. The normalized spacial score (nSPS) is 10.4. The van der Waals surface area contributed by atoms with E-state index in [-0.39, 0.29) is 12.4 Å². The molecule has 0 aliphatic heterocycles. The maximum Gasteiger partial charge on any atom is 0.133 e. The monoisotopic (exact) mass is 358 g/mol. The Morgan fingerprint density at radius 3 is 2.70 bits per heavy atom. The Kier molecular flexibility index (Phi) is 5.26. The minimum atomic E-state index is -0.355. The number of alkyl halides is 1. The molecule has 106 valence electrons. The van der Waals surface area contributed by atoms with Crippen molar-refractivity contribution in [2.75, 3.05) is 7.11 Å². The maximum absolute atomic E-state index is 13.8. The standard InChI is InChI=1S/C15H13BrClFO2/c1-19-11-6-5-10(14(18)7-11)9-20-15-4-2-3-13(17)12(15)8-16/h2-7H,8-9H2,1H3. The molecule has 0 fully saturated rings. The first kappa shape index (κ1) is 15.1. The van der Waals surface area contributed by atoms with Crippen molar-refractivity contribution in [3.8, 4) is 11.5 Å². The first-order valence-electron chi connectivity index (χ1n) is 5.94. The molecule has 5 heteroatoms. The summed E-state index contributed by atoms with van der Waals surface area (Å²) in [5, 5.41) is 1.20. The van der Waals surface area contributed by atoms with Crippen LogP contribution < -0.4 is 9.47 Å². The topological polar surface area (TPSA) is 18.5 Å². The lowest BCUT2D eigenvalue weighted by molar-refractivity contribution is 0.297. The van der Waals surface area contributed by atoms with Gasteiger partial charge in [0, 0.05) is 27.5 Å². The highest BCUT2D eigenvalue weighted by Gasteiger charge is 2.09. The predicted molar refractivity (Wildman–Crippen MR) is 81.4 cm³/mol. The van der Waals surface area contributed by atoms with E-state index in [1.807, 2.05) is 6.07 Å². The van der Waals surface area contributed by atoms with Crippen molar-refractivity contribution < 1.29 is 13.9 Å². The fraction of sp³-hybridized carbons (Fsp3) is 0.200. The van der Waals surface area contributed by atoms with Gasteiger partial charge >= 0.3 is 0 Å². The van der Waals surface area contributed by atoms with Crippen LogP contribution in [0.3, 0.4) is 0 Å². The molecule has 20 heavy (non-hydrogen) atoms. The third kappa shape index (κ3) is 3.44. The average molecular weight is 360 g/mol. The highest BCUT2D eigenvalue weighted by Crippen LogP contribution is 2.29. The minimum absolute atomic E-state index is 0.135. The molecule has 0 unspecified atom stereocenters. The molecule has 2 aromatic carbocycles. The third-order valence-electron chi connectivity index (χ3n) is 2.85. The zero-order valence-electron chi connectivity index (χ0n) is 10.8. The number of rotatable bonds is 5. The van der Waals surface area contributed by atoms with Gasteiger partial charge < -0.3 is 9.47 Å². The van der Waals surface area contributed by atoms with Gasteiger partial charge in [-0.1, -0.05) is 33.6 Å². The van der Waals surface area contributed by atoms with Crippen molar-refractivity contribution >= 4 is 27.5 Å². The van der Waals surface area contributed by atoms with Gasteiger partial charge in [0.1, 0.15) is 23.9 Å². The Hall–Kier alpha value is -1.26. The quantitative estimate of drug-likeness (QED) is 0.702. The van der Waals surface area contributed by atoms with Gasteiger partial charge in [0.05, 0.1) is 7.11 Å². The lowest BCUT2D eigenvalue weighted by atomic mass is 10.2. The molecular formula is C15H13BrClFO2. The van der Waals surface area contributed by atoms with Crippen LogP contribution in [0, 0.1) is 5.82 Å². The highest BCUT2D eigenvalue weighted by atomic mass is 79.9. The van der Waals surface area contributed by atoms with Gasteiger partial charge in [-0.05, 0) is 24.3 Å². The SMILES string of the molecule is COc1ccc(COc2cccc(Cl)c2CBr)c(F)c1. The van der Waals surface area contributed by atoms with Gasteiger partial charge in [-0.15, -0.1) is 0 Å². The summed E-state index contributed by atoms with van der Waals surface area (Å²) in [4.78, 5) is 0. The molecule has 0 radical (unpaired) electrons. The molecule has 2 nitrogen and oxygen atoms in total. The fourth-order valence-electron chi connectivity index (χ4n) is 1.73. The second-order valence-corrected chi connectivity index (χ2v) is 5.06. The molecular weight excluding hydrogens is 347 g/mol. The molecule has 0 heterocycles. The van der Waals surface area contributed by atoms with E-state index < -0.39 is 0 Å². The van der Waals surface area contributed by atoms with Crippen LogP contribution in [-0.2, 0) is 11.9 Å². The van der Waals surface area contributed by atoms with Crippen LogP contribution in [0.4, 0.5) is 4.39 Å². The van der Waals surface area contributed by atoms with E-state index in [1.165, 1.54) is 13.2 Å². The Labute approximate surface area is 130 Å². The van der Waals surface area contributed by atoms with Crippen molar-refractivity contribution in [3.05, 3.63) is 58.4 Å². The Bertz CT molecular complexity index is 604. The first-order valence-corrected chi connectivity index (χ1v) is 7.44. The van der Waals surface area contributed by atoms with Crippen LogP contribution in [0.5, 0.6) is 11.5 Å². The lowest BCUT2D eigenvalue weighted by Gasteiger charge is -2.12. The molecule has 0 bridgehead atoms. The van der Waals surface area contributed by atoms with E-state index >= 15 is 0 Å². The van der Waals surface area contributed by atoms with Crippen LogP contribution in [0.25, 0.3) is 0 Å². The zero-order chi connectivity index (χ0) is 14.5. The highest BCUT2D eigenvalue weighted by molar-refractivity contribution is 9.08. The lowest BCUT2D eigenvalue weighted by Crippen LogP contribution is -2.01. The molecule has 2 aromatic rings. The van der Waals surface area contributed by atoms with Gasteiger partial charge in [-0.25, -0.2) is 4.39 Å². The number of benzene rings is 2. The summed E-state index contributed by atoms with van der Waals surface area (Å²) in [6, 6.07) is 10.1. The van der Waals surface area contributed by atoms with Crippen molar-refractivity contribution in [1.82, 2.24) is 0 Å². The van der Waals surface area contributed by atoms with Gasteiger partial charge in [-0.3, -0.25) is 0 Å². The number of ether oxygens (including phenoxy) is 2. The predicted octanol–water partition coefficient (Wildman–Crippen LogP) is 4.96. The maximum atomic E-state index is 13.8. The largest absolute Gasteiger partial charge is 0.497 e. The van der Waals surface area contributed by atoms with Gasteiger partial charge in [0.15, 0.2) is 0 Å². The van der Waals surface area contributed by atoms with E-state index in [2.05, 4.69) is 15.9 Å². The molecule has 0 amide bonds. The third-order valence-corrected chi connectivity index (χ3v) is 3.77. The van der Waals surface area contributed by atoms with E-state index in [9.17, 15) is 4.39 Å². The molecule has 0 spiro atoms. The van der Waals surface area contributed by atoms with Crippen molar-refractivity contribution in [2.24, 2.45) is 0 Å². The summed E-state index contributed by atoms with van der Waals surface area (Å²) >= 11 is 9.45. The summed E-state index contributed by atoms with van der Waals surface area (Å²) in [6.07, 6.45) is 0. The molecule has 0 aromatic heterocycles.